The van der Waals surface area contributed by atoms with Crippen LogP contribution in [0.2, 0.25) is 0 Å². The number of ether oxygens (including phenoxy) is 4. The minimum absolute atomic E-state index is 0.0261. The average molecular weight is 408 g/mol. The van der Waals surface area contributed by atoms with E-state index in [4.69, 9.17) is 24.1 Å². The molecule has 10 nitrogen and oxygen atoms in total. The Kier molecular flexibility index (Phi) is 5.36. The fourth-order valence-electron chi connectivity index (χ4n) is 3.27. The first kappa shape index (κ1) is 20.4. The lowest BCUT2D eigenvalue weighted by Crippen LogP contribution is -2.48. The van der Waals surface area contributed by atoms with E-state index in [1.54, 1.807) is 13.8 Å². The fourth-order valence-corrected chi connectivity index (χ4v) is 3.27. The molecule has 1 aromatic carbocycles. The Hall–Kier alpha value is -3.30. The highest BCUT2D eigenvalue weighted by Crippen LogP contribution is 2.56. The SMILES string of the molecule is CCCC(=O)c1c2c(c(C(=O)CCC)c3c1OC(CC(=O)O)(C(=O)O)O3)OCO2. The van der Waals surface area contributed by atoms with Crippen LogP contribution in [0.25, 0.3) is 0 Å². The first-order chi connectivity index (χ1) is 13.8. The van der Waals surface area contributed by atoms with Crippen LogP contribution in [0, 0.1) is 0 Å². The summed E-state index contributed by atoms with van der Waals surface area (Å²) in [7, 11) is 0. The molecule has 1 aromatic rings. The smallest absolute Gasteiger partial charge is 0.391 e. The van der Waals surface area contributed by atoms with Gasteiger partial charge in [0.25, 0.3) is 0 Å². The summed E-state index contributed by atoms with van der Waals surface area (Å²) in [5, 5.41) is 18.8. The van der Waals surface area contributed by atoms with Crippen molar-refractivity contribution in [2.75, 3.05) is 6.79 Å². The molecule has 0 saturated carbocycles. The summed E-state index contributed by atoms with van der Waals surface area (Å²) in [6, 6.07) is 0. The van der Waals surface area contributed by atoms with Gasteiger partial charge in [0.1, 0.15) is 17.5 Å². The largest absolute Gasteiger partial charge is 0.481 e. The normalized spacial score (nSPS) is 15.2. The van der Waals surface area contributed by atoms with E-state index in [9.17, 15) is 24.3 Å². The second kappa shape index (κ2) is 7.61. The van der Waals surface area contributed by atoms with Crippen molar-refractivity contribution in [3.05, 3.63) is 11.1 Å². The summed E-state index contributed by atoms with van der Waals surface area (Å²) in [6.45, 7) is 3.31. The van der Waals surface area contributed by atoms with Gasteiger partial charge in [-0.25, -0.2) is 4.79 Å². The number of fused-ring (bicyclic) bond motifs is 2. The number of carbonyl (C=O) groups is 4. The number of hydrogen-bond donors (Lipinski definition) is 2. The van der Waals surface area contributed by atoms with Crippen LogP contribution in [0.4, 0.5) is 0 Å². The molecule has 0 aliphatic carbocycles. The van der Waals surface area contributed by atoms with Gasteiger partial charge < -0.3 is 29.2 Å². The molecule has 2 aliphatic rings. The second-order valence-corrected chi connectivity index (χ2v) is 6.65. The molecular weight excluding hydrogens is 388 g/mol. The number of carboxylic acid groups (broad SMARTS) is 2. The maximum Gasteiger partial charge on any atom is 0.391 e. The van der Waals surface area contributed by atoms with Gasteiger partial charge in [0.15, 0.2) is 34.6 Å². The van der Waals surface area contributed by atoms with E-state index in [0.717, 1.165) is 0 Å². The Morgan fingerprint density at radius 1 is 0.828 bits per heavy atom. The zero-order valence-corrected chi connectivity index (χ0v) is 15.9. The third-order valence-electron chi connectivity index (χ3n) is 4.48. The van der Waals surface area contributed by atoms with E-state index in [1.807, 2.05) is 0 Å². The number of carbonyl (C=O) groups excluding carboxylic acids is 2. The molecule has 0 bridgehead atoms. The van der Waals surface area contributed by atoms with Gasteiger partial charge in [0.05, 0.1) is 0 Å². The van der Waals surface area contributed by atoms with Crippen molar-refractivity contribution in [3.63, 3.8) is 0 Å². The van der Waals surface area contributed by atoms with Crippen LogP contribution in [0.15, 0.2) is 0 Å². The van der Waals surface area contributed by atoms with Crippen molar-refractivity contribution < 1.29 is 48.3 Å². The summed E-state index contributed by atoms with van der Waals surface area (Å²) in [6.07, 6.45) is 0.103. The van der Waals surface area contributed by atoms with Crippen LogP contribution < -0.4 is 18.9 Å². The highest BCUT2D eigenvalue weighted by molar-refractivity contribution is 6.10. The van der Waals surface area contributed by atoms with Crippen molar-refractivity contribution >= 4 is 23.5 Å². The van der Waals surface area contributed by atoms with E-state index in [0.29, 0.717) is 12.8 Å². The standard InChI is InChI=1S/C19H20O10/c1-3-5-9(20)12-14-15(27-8-26-14)13(10(21)6-4-2)17-16(12)28-19(29-17,18(24)25)7-11(22)23/h3-8H2,1-2H3,(H,22,23)(H,24,25). The Labute approximate surface area is 165 Å². The molecule has 0 unspecified atom stereocenters. The number of Topliss-reactive ketones (excluding diaryl/α,β-unsaturated/α-hetero) is 2. The average Bonchev–Trinajstić information content (AvgIpc) is 3.24. The summed E-state index contributed by atoms with van der Waals surface area (Å²) in [4.78, 5) is 48.6. The van der Waals surface area contributed by atoms with Crippen molar-refractivity contribution in [1.82, 2.24) is 0 Å². The van der Waals surface area contributed by atoms with Crippen LogP contribution in [0.5, 0.6) is 23.0 Å². The van der Waals surface area contributed by atoms with Gasteiger partial charge in [-0.2, -0.15) is 0 Å². The van der Waals surface area contributed by atoms with Crippen LogP contribution in [-0.4, -0.2) is 46.3 Å². The molecule has 3 rings (SSSR count). The van der Waals surface area contributed by atoms with Crippen molar-refractivity contribution in [3.8, 4) is 23.0 Å². The molecule has 0 amide bonds. The third kappa shape index (κ3) is 3.34. The van der Waals surface area contributed by atoms with Crippen molar-refractivity contribution in [1.29, 1.82) is 0 Å². The predicted molar refractivity (Wildman–Crippen MR) is 94.9 cm³/mol. The quantitative estimate of drug-likeness (QED) is 0.584. The first-order valence-electron chi connectivity index (χ1n) is 9.14. The Morgan fingerprint density at radius 3 is 1.62 bits per heavy atom. The van der Waals surface area contributed by atoms with Gasteiger partial charge in [-0.1, -0.05) is 13.8 Å². The van der Waals surface area contributed by atoms with Crippen LogP contribution in [-0.2, 0) is 9.59 Å². The second-order valence-electron chi connectivity index (χ2n) is 6.65. The molecule has 0 saturated heterocycles. The van der Waals surface area contributed by atoms with Gasteiger partial charge in [-0.3, -0.25) is 14.4 Å². The summed E-state index contributed by atoms with van der Waals surface area (Å²) in [5.41, 5.74) is -0.230. The lowest BCUT2D eigenvalue weighted by atomic mass is 9.96. The molecule has 0 fully saturated rings. The van der Waals surface area contributed by atoms with Crippen LogP contribution in [0.1, 0.15) is 66.7 Å². The summed E-state index contributed by atoms with van der Waals surface area (Å²) in [5.74, 6) is -7.36. The number of carboxylic acids is 2. The van der Waals surface area contributed by atoms with E-state index >= 15 is 0 Å². The van der Waals surface area contributed by atoms with Crippen molar-refractivity contribution in [2.45, 2.75) is 51.7 Å². The molecule has 2 N–H and O–H groups in total. The molecule has 29 heavy (non-hydrogen) atoms. The topological polar surface area (TPSA) is 146 Å². The van der Waals surface area contributed by atoms with Gasteiger partial charge in [-0.05, 0) is 12.8 Å². The fraction of sp³-hybridized carbons (Fsp3) is 0.474. The van der Waals surface area contributed by atoms with E-state index in [2.05, 4.69) is 0 Å². The van der Waals surface area contributed by atoms with Crippen LogP contribution in [0.3, 0.4) is 0 Å². The number of rotatable bonds is 9. The molecule has 2 heterocycles. The van der Waals surface area contributed by atoms with Gasteiger partial charge in [0, 0.05) is 12.8 Å². The summed E-state index contributed by atoms with van der Waals surface area (Å²) >= 11 is 0. The van der Waals surface area contributed by atoms with Crippen LogP contribution >= 0.6 is 0 Å². The predicted octanol–water partition coefficient (Wildman–Crippen LogP) is 2.41. The molecule has 0 atom stereocenters. The first-order valence-corrected chi connectivity index (χ1v) is 9.14. The minimum Gasteiger partial charge on any atom is -0.481 e. The zero-order chi connectivity index (χ0) is 21.3. The minimum atomic E-state index is -2.62. The number of benzene rings is 1. The molecule has 2 aliphatic heterocycles. The van der Waals surface area contributed by atoms with Gasteiger partial charge in [-0.15, -0.1) is 0 Å². The highest BCUT2D eigenvalue weighted by Gasteiger charge is 2.55. The maximum absolute atomic E-state index is 12.8. The number of ketones is 2. The zero-order valence-electron chi connectivity index (χ0n) is 15.9. The molecule has 0 radical (unpaired) electrons. The lowest BCUT2D eigenvalue weighted by molar-refractivity contribution is -0.184. The lowest BCUT2D eigenvalue weighted by Gasteiger charge is -2.21. The third-order valence-corrected chi connectivity index (χ3v) is 4.48. The molecule has 10 heteroatoms. The monoisotopic (exact) mass is 408 g/mol. The van der Waals surface area contributed by atoms with E-state index in [1.165, 1.54) is 0 Å². The van der Waals surface area contributed by atoms with E-state index in [-0.39, 0.29) is 53.8 Å². The molecule has 0 aromatic heterocycles. The van der Waals surface area contributed by atoms with Gasteiger partial charge in [0.2, 0.25) is 6.79 Å². The summed E-state index contributed by atoms with van der Waals surface area (Å²) < 4.78 is 21.7. The Balaban J connectivity index is 2.27. The maximum atomic E-state index is 12.8. The molecular formula is C19H20O10. The molecule has 0 spiro atoms. The number of aliphatic carboxylic acids is 2. The Bertz CT molecular complexity index is 846. The van der Waals surface area contributed by atoms with Gasteiger partial charge >= 0.3 is 17.7 Å². The van der Waals surface area contributed by atoms with Crippen molar-refractivity contribution in [2.24, 2.45) is 0 Å². The molecule has 156 valence electrons. The Morgan fingerprint density at radius 2 is 1.28 bits per heavy atom. The van der Waals surface area contributed by atoms with E-state index < -0.39 is 35.7 Å². The highest BCUT2D eigenvalue weighted by atomic mass is 16.8. The number of hydrogen-bond acceptors (Lipinski definition) is 8.